The second kappa shape index (κ2) is 9.57. The van der Waals surface area contributed by atoms with Gasteiger partial charge in [0.1, 0.15) is 0 Å². The molecule has 0 fully saturated rings. The number of hydrogen-bond acceptors (Lipinski definition) is 5. The van der Waals surface area contributed by atoms with Gasteiger partial charge in [-0.15, -0.1) is 0 Å². The molecule has 0 spiro atoms. The van der Waals surface area contributed by atoms with Crippen LogP contribution in [0.25, 0.3) is 10.9 Å². The Hall–Kier alpha value is -3.45. The number of pyridine rings is 1. The van der Waals surface area contributed by atoms with Crippen LogP contribution in [0.5, 0.6) is 0 Å². The second-order valence-electron chi connectivity index (χ2n) is 7.17. The lowest BCUT2D eigenvalue weighted by Gasteiger charge is -2.13. The summed E-state index contributed by atoms with van der Waals surface area (Å²) in [5, 5.41) is 3.95. The van der Waals surface area contributed by atoms with Crippen LogP contribution in [-0.2, 0) is 17.9 Å². The lowest BCUT2D eigenvalue weighted by Crippen LogP contribution is -2.27. The third kappa shape index (κ3) is 5.19. The van der Waals surface area contributed by atoms with Gasteiger partial charge < -0.3 is 5.32 Å². The maximum atomic E-state index is 13.2. The molecule has 0 unspecified atom stereocenters. The standard InChI is InChI=1S/C24H22N4O2S/c1-17-9-11-18(12-10-17)15-28-23(30)20-7-2-3-8-21(20)27-24(28)31-16-22(29)26-14-19-6-4-5-13-25-19/h2-13H,14-16H2,1H3,(H,26,29). The first-order valence-electron chi connectivity index (χ1n) is 9.95. The van der Waals surface area contributed by atoms with E-state index in [9.17, 15) is 9.59 Å². The zero-order valence-corrected chi connectivity index (χ0v) is 17.9. The monoisotopic (exact) mass is 430 g/mol. The van der Waals surface area contributed by atoms with Crippen LogP contribution < -0.4 is 10.9 Å². The van der Waals surface area contributed by atoms with Crippen LogP contribution in [0.3, 0.4) is 0 Å². The fraction of sp³-hybridized carbons (Fsp3) is 0.167. The van der Waals surface area contributed by atoms with Crippen molar-refractivity contribution in [1.82, 2.24) is 19.9 Å². The van der Waals surface area contributed by atoms with Gasteiger partial charge in [0.05, 0.1) is 35.4 Å². The first-order chi connectivity index (χ1) is 15.1. The molecule has 156 valence electrons. The molecule has 0 aliphatic carbocycles. The van der Waals surface area contributed by atoms with Gasteiger partial charge in [0, 0.05) is 6.20 Å². The Morgan fingerprint density at radius 1 is 1.03 bits per heavy atom. The molecule has 0 radical (unpaired) electrons. The molecular formula is C24H22N4O2S. The van der Waals surface area contributed by atoms with Gasteiger partial charge in [0.25, 0.3) is 5.56 Å². The molecule has 2 aromatic heterocycles. The summed E-state index contributed by atoms with van der Waals surface area (Å²) >= 11 is 1.26. The minimum atomic E-state index is -0.139. The van der Waals surface area contributed by atoms with Crippen molar-refractivity contribution in [3.05, 3.63) is 100 Å². The third-order valence-corrected chi connectivity index (χ3v) is 5.79. The van der Waals surface area contributed by atoms with E-state index in [1.807, 2.05) is 67.6 Å². The number of para-hydroxylation sites is 1. The van der Waals surface area contributed by atoms with Gasteiger partial charge in [-0.3, -0.25) is 19.1 Å². The maximum Gasteiger partial charge on any atom is 0.262 e. The van der Waals surface area contributed by atoms with Crippen molar-refractivity contribution in [2.75, 3.05) is 5.75 Å². The summed E-state index contributed by atoms with van der Waals surface area (Å²) in [6.07, 6.45) is 1.69. The fourth-order valence-corrected chi connectivity index (χ4v) is 3.97. The molecule has 4 aromatic rings. The van der Waals surface area contributed by atoms with E-state index in [1.165, 1.54) is 11.8 Å². The van der Waals surface area contributed by atoms with E-state index in [2.05, 4.69) is 15.3 Å². The fourth-order valence-electron chi connectivity index (χ4n) is 3.15. The van der Waals surface area contributed by atoms with E-state index in [-0.39, 0.29) is 17.2 Å². The number of aromatic nitrogens is 3. The first-order valence-corrected chi connectivity index (χ1v) is 10.9. The molecule has 7 heteroatoms. The van der Waals surface area contributed by atoms with Gasteiger partial charge in [-0.1, -0.05) is 59.8 Å². The molecule has 0 bridgehead atoms. The van der Waals surface area contributed by atoms with Crippen molar-refractivity contribution in [2.45, 2.75) is 25.2 Å². The molecule has 0 atom stereocenters. The minimum absolute atomic E-state index is 0.109. The smallest absolute Gasteiger partial charge is 0.262 e. The average molecular weight is 431 g/mol. The van der Waals surface area contributed by atoms with Crippen LogP contribution in [0.15, 0.2) is 82.9 Å². The molecule has 0 saturated heterocycles. The van der Waals surface area contributed by atoms with E-state index in [1.54, 1.807) is 16.8 Å². The molecule has 1 amide bonds. The maximum absolute atomic E-state index is 13.2. The number of carbonyl (C=O) groups is 1. The van der Waals surface area contributed by atoms with Crippen LogP contribution in [0.2, 0.25) is 0 Å². The van der Waals surface area contributed by atoms with Crippen molar-refractivity contribution >= 4 is 28.6 Å². The van der Waals surface area contributed by atoms with Crippen molar-refractivity contribution in [3.8, 4) is 0 Å². The molecule has 0 saturated carbocycles. The van der Waals surface area contributed by atoms with Gasteiger partial charge in [-0.25, -0.2) is 4.98 Å². The zero-order chi connectivity index (χ0) is 21.6. The van der Waals surface area contributed by atoms with E-state index in [4.69, 9.17) is 0 Å². The summed E-state index contributed by atoms with van der Waals surface area (Å²) in [5.74, 6) is 0.0193. The molecule has 2 heterocycles. The molecule has 0 aliphatic heterocycles. The quantitative estimate of drug-likeness (QED) is 0.358. The number of rotatable bonds is 7. The zero-order valence-electron chi connectivity index (χ0n) is 17.1. The Labute approximate surface area is 184 Å². The number of hydrogen-bond donors (Lipinski definition) is 1. The number of benzene rings is 2. The van der Waals surface area contributed by atoms with Gasteiger partial charge in [-0.05, 0) is 36.8 Å². The molecule has 2 aromatic carbocycles. The topological polar surface area (TPSA) is 76.9 Å². The normalized spacial score (nSPS) is 10.9. The van der Waals surface area contributed by atoms with Crippen molar-refractivity contribution < 1.29 is 4.79 Å². The van der Waals surface area contributed by atoms with Crippen molar-refractivity contribution in [2.24, 2.45) is 0 Å². The Morgan fingerprint density at radius 2 is 1.81 bits per heavy atom. The van der Waals surface area contributed by atoms with Gasteiger partial charge in [0.15, 0.2) is 5.16 Å². The Bertz CT molecular complexity index is 1250. The SMILES string of the molecule is Cc1ccc(Cn2c(SCC(=O)NCc3ccccn3)nc3ccccc3c2=O)cc1. The minimum Gasteiger partial charge on any atom is -0.350 e. The third-order valence-electron chi connectivity index (χ3n) is 4.81. The molecule has 1 N–H and O–H groups in total. The number of nitrogens with zero attached hydrogens (tertiary/aromatic N) is 3. The van der Waals surface area contributed by atoms with E-state index in [0.29, 0.717) is 29.1 Å². The van der Waals surface area contributed by atoms with Crippen LogP contribution in [0.4, 0.5) is 0 Å². The molecule has 31 heavy (non-hydrogen) atoms. The highest BCUT2D eigenvalue weighted by atomic mass is 32.2. The summed E-state index contributed by atoms with van der Waals surface area (Å²) in [4.78, 5) is 34.4. The molecule has 4 rings (SSSR count). The van der Waals surface area contributed by atoms with Crippen LogP contribution in [0.1, 0.15) is 16.8 Å². The highest BCUT2D eigenvalue weighted by Gasteiger charge is 2.14. The van der Waals surface area contributed by atoms with E-state index < -0.39 is 0 Å². The van der Waals surface area contributed by atoms with Gasteiger partial charge >= 0.3 is 0 Å². The summed E-state index contributed by atoms with van der Waals surface area (Å²) < 4.78 is 1.64. The van der Waals surface area contributed by atoms with E-state index in [0.717, 1.165) is 16.8 Å². The van der Waals surface area contributed by atoms with Gasteiger partial charge in [-0.2, -0.15) is 0 Å². The first kappa shape index (κ1) is 20.8. The van der Waals surface area contributed by atoms with Crippen LogP contribution in [0, 0.1) is 6.92 Å². The Morgan fingerprint density at radius 3 is 2.58 bits per heavy atom. The van der Waals surface area contributed by atoms with Crippen molar-refractivity contribution in [3.63, 3.8) is 0 Å². The lowest BCUT2D eigenvalue weighted by atomic mass is 10.1. The number of carbonyl (C=O) groups excluding carboxylic acids is 1. The van der Waals surface area contributed by atoms with E-state index >= 15 is 0 Å². The predicted molar refractivity (Wildman–Crippen MR) is 123 cm³/mol. The summed E-state index contributed by atoms with van der Waals surface area (Å²) in [6, 6.07) is 20.9. The van der Waals surface area contributed by atoms with Crippen LogP contribution >= 0.6 is 11.8 Å². The van der Waals surface area contributed by atoms with Gasteiger partial charge in [0.2, 0.25) is 5.91 Å². The second-order valence-corrected chi connectivity index (χ2v) is 8.12. The highest BCUT2D eigenvalue weighted by molar-refractivity contribution is 7.99. The number of thioether (sulfide) groups is 1. The largest absolute Gasteiger partial charge is 0.350 e. The number of nitrogens with one attached hydrogen (secondary N) is 1. The Kier molecular flexibility index (Phi) is 6.43. The molecule has 0 aliphatic rings. The summed E-state index contributed by atoms with van der Waals surface area (Å²) in [6.45, 7) is 2.79. The summed E-state index contributed by atoms with van der Waals surface area (Å²) in [7, 11) is 0. The lowest BCUT2D eigenvalue weighted by molar-refractivity contribution is -0.118. The van der Waals surface area contributed by atoms with Crippen LogP contribution in [-0.4, -0.2) is 26.2 Å². The number of aryl methyl sites for hydroxylation is 1. The highest BCUT2D eigenvalue weighted by Crippen LogP contribution is 2.19. The Balaban J connectivity index is 1.55. The molecular weight excluding hydrogens is 408 g/mol. The predicted octanol–water partition coefficient (Wildman–Crippen LogP) is 3.56. The molecule has 6 nitrogen and oxygen atoms in total. The number of fused-ring (bicyclic) bond motifs is 1. The van der Waals surface area contributed by atoms with Crippen molar-refractivity contribution in [1.29, 1.82) is 0 Å². The number of amides is 1. The average Bonchev–Trinajstić information content (AvgIpc) is 2.80. The summed E-state index contributed by atoms with van der Waals surface area (Å²) in [5.41, 5.74) is 3.48.